The molecule has 22 heavy (non-hydrogen) atoms. The van der Waals surface area contributed by atoms with Crippen LogP contribution in [0, 0.1) is 6.92 Å². The van der Waals surface area contributed by atoms with E-state index in [0.717, 1.165) is 23.3 Å². The average molecular weight is 317 g/mol. The highest BCUT2D eigenvalue weighted by Gasteiger charge is 2.19. The van der Waals surface area contributed by atoms with Crippen LogP contribution >= 0.6 is 11.8 Å². The molecule has 0 aliphatic heterocycles. The van der Waals surface area contributed by atoms with Gasteiger partial charge in [0.15, 0.2) is 5.82 Å². The fourth-order valence-corrected chi connectivity index (χ4v) is 3.54. The Labute approximate surface area is 133 Å². The molecule has 5 nitrogen and oxygen atoms in total. The largest absolute Gasteiger partial charge is 0.349 e. The summed E-state index contributed by atoms with van der Waals surface area (Å²) in [5.74, 6) is 1.78. The van der Waals surface area contributed by atoms with Crippen molar-refractivity contribution in [1.29, 1.82) is 0 Å². The summed E-state index contributed by atoms with van der Waals surface area (Å²) in [7, 11) is 0. The molecule has 1 aliphatic rings. The second-order valence-corrected chi connectivity index (χ2v) is 6.49. The quantitative estimate of drug-likeness (QED) is 0.857. The SMILES string of the molecule is Cc1noc(CSc2ccccc2C(=O)NC2CCCC2)n1. The number of aromatic nitrogens is 2. The topological polar surface area (TPSA) is 68.0 Å². The van der Waals surface area contributed by atoms with Crippen molar-refractivity contribution in [1.82, 2.24) is 15.5 Å². The third-order valence-electron chi connectivity index (χ3n) is 3.74. The summed E-state index contributed by atoms with van der Waals surface area (Å²) in [5, 5.41) is 6.91. The Morgan fingerprint density at radius 2 is 2.14 bits per heavy atom. The molecule has 0 bridgehead atoms. The van der Waals surface area contributed by atoms with Gasteiger partial charge in [-0.25, -0.2) is 0 Å². The second kappa shape index (κ2) is 6.96. The van der Waals surface area contributed by atoms with Crippen molar-refractivity contribution in [3.05, 3.63) is 41.5 Å². The number of carbonyl (C=O) groups is 1. The lowest BCUT2D eigenvalue weighted by Crippen LogP contribution is -2.32. The van der Waals surface area contributed by atoms with E-state index in [1.54, 1.807) is 18.7 Å². The van der Waals surface area contributed by atoms with Crippen LogP contribution in [-0.4, -0.2) is 22.1 Å². The first-order valence-electron chi connectivity index (χ1n) is 7.54. The molecule has 2 aromatic rings. The fraction of sp³-hybridized carbons (Fsp3) is 0.438. The second-order valence-electron chi connectivity index (χ2n) is 5.48. The van der Waals surface area contributed by atoms with Crippen molar-refractivity contribution in [2.24, 2.45) is 0 Å². The molecule has 0 radical (unpaired) electrons. The zero-order valence-electron chi connectivity index (χ0n) is 12.5. The fourth-order valence-electron chi connectivity index (χ4n) is 2.65. The summed E-state index contributed by atoms with van der Waals surface area (Å²) < 4.78 is 5.11. The molecule has 1 heterocycles. The van der Waals surface area contributed by atoms with Crippen LogP contribution in [0.5, 0.6) is 0 Å². The molecule has 0 atom stereocenters. The first-order chi connectivity index (χ1) is 10.7. The minimum Gasteiger partial charge on any atom is -0.349 e. The highest BCUT2D eigenvalue weighted by molar-refractivity contribution is 7.98. The molecule has 0 saturated heterocycles. The normalized spacial score (nSPS) is 15.1. The monoisotopic (exact) mass is 317 g/mol. The van der Waals surface area contributed by atoms with Gasteiger partial charge >= 0.3 is 0 Å². The molecule has 1 amide bonds. The van der Waals surface area contributed by atoms with Crippen LogP contribution in [0.1, 0.15) is 47.8 Å². The molecular formula is C16H19N3O2S. The maximum Gasteiger partial charge on any atom is 0.252 e. The highest BCUT2D eigenvalue weighted by Crippen LogP contribution is 2.26. The van der Waals surface area contributed by atoms with Crippen molar-refractivity contribution < 1.29 is 9.32 Å². The third kappa shape index (κ3) is 3.68. The number of carbonyl (C=O) groups excluding carboxylic acids is 1. The first-order valence-corrected chi connectivity index (χ1v) is 8.53. The zero-order valence-corrected chi connectivity index (χ0v) is 13.4. The molecule has 6 heteroatoms. The van der Waals surface area contributed by atoms with Gasteiger partial charge in [0, 0.05) is 10.9 Å². The summed E-state index contributed by atoms with van der Waals surface area (Å²) in [6.45, 7) is 1.79. The number of hydrogen-bond donors (Lipinski definition) is 1. The molecule has 1 aromatic carbocycles. The van der Waals surface area contributed by atoms with E-state index < -0.39 is 0 Å². The van der Waals surface area contributed by atoms with Crippen molar-refractivity contribution in [3.8, 4) is 0 Å². The number of nitrogens with one attached hydrogen (secondary N) is 1. The molecule has 1 aliphatic carbocycles. The molecule has 1 saturated carbocycles. The van der Waals surface area contributed by atoms with Gasteiger partial charge < -0.3 is 9.84 Å². The number of hydrogen-bond acceptors (Lipinski definition) is 5. The maximum atomic E-state index is 12.5. The molecular weight excluding hydrogens is 298 g/mol. The lowest BCUT2D eigenvalue weighted by molar-refractivity contribution is 0.0935. The minimum atomic E-state index is 0.0108. The van der Waals surface area contributed by atoms with Crippen molar-refractivity contribution in [3.63, 3.8) is 0 Å². The maximum absolute atomic E-state index is 12.5. The van der Waals surface area contributed by atoms with Crippen molar-refractivity contribution in [2.75, 3.05) is 0 Å². The lowest BCUT2D eigenvalue weighted by atomic mass is 10.2. The van der Waals surface area contributed by atoms with Gasteiger partial charge in [0.1, 0.15) is 0 Å². The predicted molar refractivity (Wildman–Crippen MR) is 84.8 cm³/mol. The Hall–Kier alpha value is -1.82. The molecule has 3 rings (SSSR count). The molecule has 0 unspecified atom stereocenters. The molecule has 1 N–H and O–H groups in total. The number of amides is 1. The highest BCUT2D eigenvalue weighted by atomic mass is 32.2. The Balaban J connectivity index is 1.67. The van der Waals surface area contributed by atoms with E-state index in [2.05, 4.69) is 15.5 Å². The van der Waals surface area contributed by atoms with E-state index in [0.29, 0.717) is 23.5 Å². The Morgan fingerprint density at radius 3 is 2.86 bits per heavy atom. The molecule has 1 aromatic heterocycles. The summed E-state index contributed by atoms with van der Waals surface area (Å²) >= 11 is 1.54. The van der Waals surface area contributed by atoms with Gasteiger partial charge in [-0.05, 0) is 31.9 Å². The van der Waals surface area contributed by atoms with E-state index >= 15 is 0 Å². The van der Waals surface area contributed by atoms with Crippen LogP contribution in [0.15, 0.2) is 33.7 Å². The van der Waals surface area contributed by atoms with Gasteiger partial charge in [-0.1, -0.05) is 30.1 Å². The minimum absolute atomic E-state index is 0.0108. The first kappa shape index (κ1) is 15.1. The molecule has 116 valence electrons. The van der Waals surface area contributed by atoms with Gasteiger partial charge in [0.05, 0.1) is 11.3 Å². The number of nitrogens with zero attached hydrogens (tertiary/aromatic N) is 2. The van der Waals surface area contributed by atoms with E-state index in [1.807, 2.05) is 24.3 Å². The van der Waals surface area contributed by atoms with Gasteiger partial charge in [-0.15, -0.1) is 11.8 Å². The van der Waals surface area contributed by atoms with Crippen LogP contribution in [0.4, 0.5) is 0 Å². The van der Waals surface area contributed by atoms with Crippen molar-refractivity contribution >= 4 is 17.7 Å². The van der Waals surface area contributed by atoms with Gasteiger partial charge in [-0.3, -0.25) is 4.79 Å². The Bertz CT molecular complexity index is 650. The van der Waals surface area contributed by atoms with E-state index in [4.69, 9.17) is 4.52 Å². The van der Waals surface area contributed by atoms with Crippen LogP contribution in [0.3, 0.4) is 0 Å². The van der Waals surface area contributed by atoms with E-state index in [1.165, 1.54) is 12.8 Å². The molecule has 0 spiro atoms. The van der Waals surface area contributed by atoms with Crippen LogP contribution in [0.25, 0.3) is 0 Å². The Morgan fingerprint density at radius 1 is 1.36 bits per heavy atom. The number of aryl methyl sites for hydroxylation is 1. The lowest BCUT2D eigenvalue weighted by Gasteiger charge is -2.13. The Kier molecular flexibility index (Phi) is 4.77. The predicted octanol–water partition coefficient (Wildman–Crippen LogP) is 3.34. The summed E-state index contributed by atoms with van der Waals surface area (Å²) in [5.41, 5.74) is 0.718. The third-order valence-corrected chi connectivity index (χ3v) is 4.80. The van der Waals surface area contributed by atoms with Crippen LogP contribution < -0.4 is 5.32 Å². The summed E-state index contributed by atoms with van der Waals surface area (Å²) in [6.07, 6.45) is 4.58. The van der Waals surface area contributed by atoms with Crippen LogP contribution in [-0.2, 0) is 5.75 Å². The summed E-state index contributed by atoms with van der Waals surface area (Å²) in [4.78, 5) is 17.6. The standard InChI is InChI=1S/C16H19N3O2S/c1-11-17-15(21-19-11)10-22-14-9-5-4-8-13(14)16(20)18-12-6-2-3-7-12/h4-5,8-9,12H,2-3,6-7,10H2,1H3,(H,18,20). The number of rotatable bonds is 5. The molecule has 1 fully saturated rings. The van der Waals surface area contributed by atoms with E-state index in [9.17, 15) is 4.79 Å². The van der Waals surface area contributed by atoms with Gasteiger partial charge in [-0.2, -0.15) is 4.98 Å². The number of benzene rings is 1. The van der Waals surface area contributed by atoms with Gasteiger partial charge in [0.25, 0.3) is 5.91 Å². The smallest absolute Gasteiger partial charge is 0.252 e. The van der Waals surface area contributed by atoms with E-state index in [-0.39, 0.29) is 5.91 Å². The summed E-state index contributed by atoms with van der Waals surface area (Å²) in [6, 6.07) is 7.98. The average Bonchev–Trinajstić information content (AvgIpc) is 3.17. The van der Waals surface area contributed by atoms with Gasteiger partial charge in [0.2, 0.25) is 5.89 Å². The van der Waals surface area contributed by atoms with Crippen LogP contribution in [0.2, 0.25) is 0 Å². The van der Waals surface area contributed by atoms with Crippen molar-refractivity contribution in [2.45, 2.75) is 49.3 Å². The number of thioether (sulfide) groups is 1. The zero-order chi connectivity index (χ0) is 15.4.